The van der Waals surface area contributed by atoms with Gasteiger partial charge in [0.15, 0.2) is 12.4 Å². The summed E-state index contributed by atoms with van der Waals surface area (Å²) in [7, 11) is 0. The second kappa shape index (κ2) is 4.16. The van der Waals surface area contributed by atoms with Gasteiger partial charge in [0.2, 0.25) is 0 Å². The van der Waals surface area contributed by atoms with E-state index in [1.165, 1.54) is 6.92 Å². The number of hydrogen-bond donors (Lipinski definition) is 2. The van der Waals surface area contributed by atoms with Crippen LogP contribution < -0.4 is 0 Å². The average Bonchev–Trinajstić information content (AvgIpc) is 1.96. The molecule has 0 fully saturated rings. The highest BCUT2D eigenvalue weighted by molar-refractivity contribution is 5.66. The molecule has 0 unspecified atom stereocenters. The van der Waals surface area contributed by atoms with E-state index < -0.39 is 11.4 Å². The normalized spacial score (nSPS) is 13.5. The minimum absolute atomic E-state index is 0.159. The molecule has 0 heterocycles. The Labute approximate surface area is 77.8 Å². The van der Waals surface area contributed by atoms with Gasteiger partial charge in [-0.25, -0.2) is 0 Å². The van der Waals surface area contributed by atoms with Crippen molar-refractivity contribution < 1.29 is 19.7 Å². The van der Waals surface area contributed by atoms with Crippen molar-refractivity contribution in [3.05, 3.63) is 11.5 Å². The first kappa shape index (κ1) is 11.8. The third-order valence-electron chi connectivity index (χ3n) is 1.40. The number of aliphatic hydroxyl groups is 2. The summed E-state index contributed by atoms with van der Waals surface area (Å²) in [6.07, 6.45) is 0. The number of carbonyl (C=O) groups is 1. The molecular formula is C9H16O4. The number of carbonyl (C=O) groups excluding carboxylic acids is 1. The Hall–Kier alpha value is -1.19. The fraction of sp³-hybridized carbons (Fsp3) is 0.667. The molecule has 13 heavy (non-hydrogen) atoms. The highest BCUT2D eigenvalue weighted by Crippen LogP contribution is 2.24. The number of rotatable bonds is 2. The van der Waals surface area contributed by atoms with Crippen molar-refractivity contribution in [3.8, 4) is 0 Å². The van der Waals surface area contributed by atoms with Crippen LogP contribution in [-0.2, 0) is 9.53 Å². The highest BCUT2D eigenvalue weighted by Gasteiger charge is 2.20. The fourth-order valence-corrected chi connectivity index (χ4v) is 0.671. The molecule has 0 aromatic rings. The van der Waals surface area contributed by atoms with Gasteiger partial charge in [0.25, 0.3) is 0 Å². The molecule has 0 amide bonds. The molecule has 0 aromatic heterocycles. The van der Waals surface area contributed by atoms with Crippen molar-refractivity contribution in [1.82, 2.24) is 0 Å². The van der Waals surface area contributed by atoms with Crippen molar-refractivity contribution in [3.63, 3.8) is 0 Å². The lowest BCUT2D eigenvalue weighted by atomic mass is 9.93. The van der Waals surface area contributed by atoms with Gasteiger partial charge < -0.3 is 14.9 Å². The van der Waals surface area contributed by atoms with Crippen LogP contribution in [0.3, 0.4) is 0 Å². The van der Waals surface area contributed by atoms with Crippen LogP contribution in [0, 0.1) is 5.41 Å². The summed E-state index contributed by atoms with van der Waals surface area (Å²) in [5.41, 5.74) is -0.537. The molecule has 0 aliphatic rings. The molecule has 4 nitrogen and oxygen atoms in total. The predicted octanol–water partition coefficient (Wildman–Crippen LogP) is 1.92. The first-order valence-electron chi connectivity index (χ1n) is 4.00. The van der Waals surface area contributed by atoms with Gasteiger partial charge in [-0.15, -0.1) is 0 Å². The van der Waals surface area contributed by atoms with E-state index in [9.17, 15) is 15.0 Å². The molecule has 2 N–H and O–H groups in total. The van der Waals surface area contributed by atoms with E-state index in [0.717, 1.165) is 0 Å². The Bertz CT molecular complexity index is 222. The van der Waals surface area contributed by atoms with Gasteiger partial charge in [-0.3, -0.25) is 4.79 Å². The lowest BCUT2D eigenvalue weighted by Crippen LogP contribution is -2.15. The molecule has 0 saturated carbocycles. The fourth-order valence-electron chi connectivity index (χ4n) is 0.671. The number of esters is 1. The lowest BCUT2D eigenvalue weighted by molar-refractivity contribution is -0.140. The number of aliphatic hydroxyl groups excluding tert-OH is 2. The Balaban J connectivity index is 4.37. The van der Waals surface area contributed by atoms with Gasteiger partial charge in [-0.05, 0) is 0 Å². The SMILES string of the molecule is CC(=O)OC/C(O)=C(/O)C(C)(C)C. The molecular weight excluding hydrogens is 172 g/mol. The molecule has 0 aliphatic carbocycles. The van der Waals surface area contributed by atoms with Crippen LogP contribution in [0.2, 0.25) is 0 Å². The van der Waals surface area contributed by atoms with Crippen LogP contribution in [0.4, 0.5) is 0 Å². The van der Waals surface area contributed by atoms with Crippen LogP contribution in [0.1, 0.15) is 27.7 Å². The van der Waals surface area contributed by atoms with Crippen LogP contribution in [0.15, 0.2) is 11.5 Å². The summed E-state index contributed by atoms with van der Waals surface area (Å²) >= 11 is 0. The smallest absolute Gasteiger partial charge is 0.303 e. The van der Waals surface area contributed by atoms with Crippen molar-refractivity contribution in [2.45, 2.75) is 27.7 Å². The highest BCUT2D eigenvalue weighted by atomic mass is 16.5. The quantitative estimate of drug-likeness (QED) is 0.513. The van der Waals surface area contributed by atoms with E-state index in [4.69, 9.17) is 0 Å². The van der Waals surface area contributed by atoms with Crippen LogP contribution in [0.25, 0.3) is 0 Å². The summed E-state index contributed by atoms with van der Waals surface area (Å²) in [6.45, 7) is 6.19. The average molecular weight is 188 g/mol. The molecule has 0 aliphatic heterocycles. The lowest BCUT2D eigenvalue weighted by Gasteiger charge is -2.18. The minimum atomic E-state index is -0.537. The maximum Gasteiger partial charge on any atom is 0.303 e. The predicted molar refractivity (Wildman–Crippen MR) is 48.4 cm³/mol. The van der Waals surface area contributed by atoms with Crippen LogP contribution in [-0.4, -0.2) is 22.8 Å². The number of allylic oxidation sites excluding steroid dienone is 1. The second-order valence-corrected chi connectivity index (χ2v) is 3.83. The van der Waals surface area contributed by atoms with Gasteiger partial charge in [0.1, 0.15) is 5.76 Å². The van der Waals surface area contributed by atoms with E-state index >= 15 is 0 Å². The van der Waals surface area contributed by atoms with Gasteiger partial charge >= 0.3 is 5.97 Å². The van der Waals surface area contributed by atoms with Gasteiger partial charge in [0.05, 0.1) is 0 Å². The van der Waals surface area contributed by atoms with Crippen molar-refractivity contribution in [2.75, 3.05) is 6.61 Å². The molecule has 0 spiro atoms. The Morgan fingerprint density at radius 2 is 1.77 bits per heavy atom. The second-order valence-electron chi connectivity index (χ2n) is 3.83. The van der Waals surface area contributed by atoms with Crippen LogP contribution in [0.5, 0.6) is 0 Å². The standard InChI is InChI=1S/C9H16O4/c1-6(10)13-5-7(11)8(12)9(2,3)4/h11-12H,5H2,1-4H3/b8-7-. The maximum absolute atomic E-state index is 10.4. The van der Waals surface area contributed by atoms with Crippen molar-refractivity contribution in [2.24, 2.45) is 5.41 Å². The largest absolute Gasteiger partial charge is 0.508 e. The zero-order chi connectivity index (χ0) is 10.6. The Morgan fingerprint density at radius 3 is 2.08 bits per heavy atom. The van der Waals surface area contributed by atoms with Crippen molar-refractivity contribution >= 4 is 5.97 Å². The summed E-state index contributed by atoms with van der Waals surface area (Å²) < 4.78 is 4.51. The molecule has 0 atom stereocenters. The Kier molecular flexibility index (Phi) is 3.78. The zero-order valence-electron chi connectivity index (χ0n) is 8.42. The molecule has 0 aromatic carbocycles. The zero-order valence-corrected chi connectivity index (χ0v) is 8.42. The summed E-state index contributed by atoms with van der Waals surface area (Å²) in [4.78, 5) is 10.4. The summed E-state index contributed by atoms with van der Waals surface area (Å²) in [5.74, 6) is -0.954. The molecule has 76 valence electrons. The first-order valence-corrected chi connectivity index (χ1v) is 4.00. The van der Waals surface area contributed by atoms with Crippen LogP contribution >= 0.6 is 0 Å². The molecule has 4 heteroatoms. The summed E-state index contributed by atoms with van der Waals surface area (Å²) in [6, 6.07) is 0. The van der Waals surface area contributed by atoms with Gasteiger partial charge in [0, 0.05) is 12.3 Å². The van der Waals surface area contributed by atoms with E-state index in [2.05, 4.69) is 4.74 Å². The van der Waals surface area contributed by atoms with E-state index in [0.29, 0.717) is 0 Å². The van der Waals surface area contributed by atoms with Crippen molar-refractivity contribution in [1.29, 1.82) is 0 Å². The first-order chi connectivity index (χ1) is 5.75. The molecule has 0 radical (unpaired) electrons. The third kappa shape index (κ3) is 4.40. The van der Waals surface area contributed by atoms with E-state index in [1.807, 2.05) is 0 Å². The summed E-state index contributed by atoms with van der Waals surface area (Å²) in [5, 5.41) is 18.7. The third-order valence-corrected chi connectivity index (χ3v) is 1.40. The molecule has 0 saturated heterocycles. The Morgan fingerprint density at radius 1 is 1.31 bits per heavy atom. The molecule has 0 rings (SSSR count). The topological polar surface area (TPSA) is 66.8 Å². The maximum atomic E-state index is 10.4. The number of ether oxygens (including phenoxy) is 1. The monoisotopic (exact) mass is 188 g/mol. The van der Waals surface area contributed by atoms with E-state index in [-0.39, 0.29) is 18.1 Å². The van der Waals surface area contributed by atoms with Gasteiger partial charge in [-0.1, -0.05) is 20.8 Å². The molecule has 0 bridgehead atoms. The number of hydrogen-bond acceptors (Lipinski definition) is 4. The van der Waals surface area contributed by atoms with E-state index in [1.54, 1.807) is 20.8 Å². The minimum Gasteiger partial charge on any atom is -0.508 e. The van der Waals surface area contributed by atoms with Gasteiger partial charge in [-0.2, -0.15) is 0 Å².